The van der Waals surface area contributed by atoms with Crippen LogP contribution in [0.5, 0.6) is 0 Å². The smallest absolute Gasteiger partial charge is 0.204 e. The second-order valence-electron chi connectivity index (χ2n) is 7.14. The standard InChI is InChI=1S/C21H36O3S/c1-3-4-5-6-7-8-9-10-11-12-13-14-21(22)25(23,24)20-17-15-19(2)16-18-20/h15-18,21-22H,3-14H2,1-2H3. The fourth-order valence-corrected chi connectivity index (χ4v) is 4.33. The number of aliphatic hydroxyl groups is 1. The Labute approximate surface area is 154 Å². The van der Waals surface area contributed by atoms with Gasteiger partial charge in [0, 0.05) is 0 Å². The van der Waals surface area contributed by atoms with E-state index in [1.54, 1.807) is 24.3 Å². The zero-order valence-electron chi connectivity index (χ0n) is 16.0. The molecule has 1 atom stereocenters. The molecule has 0 aliphatic heterocycles. The zero-order chi connectivity index (χ0) is 18.5. The van der Waals surface area contributed by atoms with E-state index in [4.69, 9.17) is 0 Å². The lowest BCUT2D eigenvalue weighted by molar-refractivity contribution is 0.233. The Morgan fingerprint density at radius 2 is 1.24 bits per heavy atom. The van der Waals surface area contributed by atoms with Crippen molar-refractivity contribution in [2.45, 2.75) is 101 Å². The summed E-state index contributed by atoms with van der Waals surface area (Å²) < 4.78 is 24.6. The van der Waals surface area contributed by atoms with Gasteiger partial charge < -0.3 is 5.11 Å². The fourth-order valence-electron chi connectivity index (χ4n) is 3.02. The quantitative estimate of drug-likeness (QED) is 0.423. The lowest BCUT2D eigenvalue weighted by atomic mass is 10.1. The molecule has 0 saturated carbocycles. The van der Waals surface area contributed by atoms with Crippen molar-refractivity contribution in [2.75, 3.05) is 0 Å². The highest BCUT2D eigenvalue weighted by molar-refractivity contribution is 7.91. The lowest BCUT2D eigenvalue weighted by Crippen LogP contribution is -2.20. The third-order valence-electron chi connectivity index (χ3n) is 4.76. The maximum absolute atomic E-state index is 12.3. The number of benzene rings is 1. The maximum atomic E-state index is 12.3. The molecule has 0 heterocycles. The molecule has 1 rings (SSSR count). The van der Waals surface area contributed by atoms with Crippen LogP contribution in [0.15, 0.2) is 29.2 Å². The van der Waals surface area contributed by atoms with Crippen molar-refractivity contribution in [1.29, 1.82) is 0 Å². The van der Waals surface area contributed by atoms with Gasteiger partial charge in [0.05, 0.1) is 4.90 Å². The molecule has 144 valence electrons. The molecule has 0 aliphatic rings. The summed E-state index contributed by atoms with van der Waals surface area (Å²) in [6, 6.07) is 6.69. The number of hydrogen-bond acceptors (Lipinski definition) is 3. The molecule has 0 bridgehead atoms. The van der Waals surface area contributed by atoms with E-state index in [2.05, 4.69) is 6.92 Å². The molecule has 0 aliphatic carbocycles. The summed E-state index contributed by atoms with van der Waals surface area (Å²) in [6.45, 7) is 4.15. The molecule has 0 saturated heterocycles. The van der Waals surface area contributed by atoms with E-state index in [0.717, 1.165) is 24.8 Å². The Hall–Kier alpha value is -0.870. The van der Waals surface area contributed by atoms with Crippen LogP contribution in [0, 0.1) is 6.92 Å². The number of sulfone groups is 1. The molecule has 4 heteroatoms. The van der Waals surface area contributed by atoms with E-state index < -0.39 is 15.3 Å². The van der Waals surface area contributed by atoms with E-state index in [0.29, 0.717) is 6.42 Å². The molecule has 25 heavy (non-hydrogen) atoms. The van der Waals surface area contributed by atoms with Crippen LogP contribution in [0.4, 0.5) is 0 Å². The van der Waals surface area contributed by atoms with Crippen LogP contribution in [0.2, 0.25) is 0 Å². The molecule has 1 N–H and O–H groups in total. The molecule has 0 fully saturated rings. The van der Waals surface area contributed by atoms with Gasteiger partial charge in [0.1, 0.15) is 0 Å². The molecule has 1 unspecified atom stereocenters. The van der Waals surface area contributed by atoms with E-state index in [-0.39, 0.29) is 4.90 Å². The second-order valence-corrected chi connectivity index (χ2v) is 9.24. The summed E-state index contributed by atoms with van der Waals surface area (Å²) in [4.78, 5) is 0.216. The minimum Gasteiger partial charge on any atom is -0.377 e. The normalized spacial score (nSPS) is 13.1. The third kappa shape index (κ3) is 8.87. The van der Waals surface area contributed by atoms with Gasteiger partial charge in [0.25, 0.3) is 0 Å². The van der Waals surface area contributed by atoms with Gasteiger partial charge >= 0.3 is 0 Å². The highest BCUT2D eigenvalue weighted by atomic mass is 32.2. The van der Waals surface area contributed by atoms with Gasteiger partial charge in [-0.25, -0.2) is 8.42 Å². The first-order valence-electron chi connectivity index (χ1n) is 9.97. The average Bonchev–Trinajstić information content (AvgIpc) is 2.59. The molecule has 1 aromatic rings. The first-order chi connectivity index (χ1) is 12.0. The molecular formula is C21H36O3S. The van der Waals surface area contributed by atoms with Crippen molar-refractivity contribution < 1.29 is 13.5 Å². The Balaban J connectivity index is 2.12. The topological polar surface area (TPSA) is 54.4 Å². The van der Waals surface area contributed by atoms with Gasteiger partial charge in [0.2, 0.25) is 9.84 Å². The lowest BCUT2D eigenvalue weighted by Gasteiger charge is -2.12. The number of hydrogen-bond donors (Lipinski definition) is 1. The van der Waals surface area contributed by atoms with E-state index in [1.165, 1.54) is 51.4 Å². The van der Waals surface area contributed by atoms with Crippen molar-refractivity contribution in [3.8, 4) is 0 Å². The van der Waals surface area contributed by atoms with Crippen LogP contribution < -0.4 is 0 Å². The number of unbranched alkanes of at least 4 members (excludes halogenated alkanes) is 10. The molecular weight excluding hydrogens is 332 g/mol. The first-order valence-corrected chi connectivity index (χ1v) is 11.5. The molecule has 0 radical (unpaired) electrons. The van der Waals surface area contributed by atoms with Gasteiger partial charge in [-0.1, -0.05) is 88.8 Å². The van der Waals surface area contributed by atoms with Crippen LogP contribution in [-0.2, 0) is 9.84 Å². The van der Waals surface area contributed by atoms with Crippen molar-refractivity contribution in [3.63, 3.8) is 0 Å². The van der Waals surface area contributed by atoms with Crippen molar-refractivity contribution >= 4 is 9.84 Å². The Bertz CT molecular complexity index is 549. The summed E-state index contributed by atoms with van der Waals surface area (Å²) in [5.41, 5.74) is -0.271. The van der Waals surface area contributed by atoms with Crippen molar-refractivity contribution in [3.05, 3.63) is 29.8 Å². The average molecular weight is 369 g/mol. The minimum atomic E-state index is -3.61. The van der Waals surface area contributed by atoms with Gasteiger partial charge in [-0.3, -0.25) is 0 Å². The number of rotatable bonds is 14. The Kier molecular flexibility index (Phi) is 11.1. The summed E-state index contributed by atoms with van der Waals surface area (Å²) in [5.74, 6) is 0. The summed E-state index contributed by atoms with van der Waals surface area (Å²) in [6.07, 6.45) is 13.7. The van der Waals surface area contributed by atoms with Gasteiger partial charge in [-0.2, -0.15) is 0 Å². The van der Waals surface area contributed by atoms with Crippen LogP contribution in [-0.4, -0.2) is 19.0 Å². The largest absolute Gasteiger partial charge is 0.377 e. The Morgan fingerprint density at radius 3 is 1.72 bits per heavy atom. The van der Waals surface area contributed by atoms with Gasteiger partial charge in [-0.15, -0.1) is 0 Å². The summed E-state index contributed by atoms with van der Waals surface area (Å²) in [7, 11) is -3.61. The predicted octanol–water partition coefficient (Wildman–Crippen LogP) is 5.79. The molecule has 0 aromatic heterocycles. The van der Waals surface area contributed by atoms with Crippen LogP contribution in [0.3, 0.4) is 0 Å². The van der Waals surface area contributed by atoms with E-state index in [9.17, 15) is 13.5 Å². The number of aryl methyl sites for hydroxylation is 1. The van der Waals surface area contributed by atoms with Gasteiger partial charge in [-0.05, 0) is 31.9 Å². The van der Waals surface area contributed by atoms with Crippen molar-refractivity contribution in [2.24, 2.45) is 0 Å². The zero-order valence-corrected chi connectivity index (χ0v) is 16.9. The summed E-state index contributed by atoms with van der Waals surface area (Å²) >= 11 is 0. The van der Waals surface area contributed by atoms with Crippen LogP contribution in [0.1, 0.15) is 89.5 Å². The van der Waals surface area contributed by atoms with Crippen LogP contribution in [0.25, 0.3) is 0 Å². The highest BCUT2D eigenvalue weighted by Crippen LogP contribution is 2.20. The maximum Gasteiger partial charge on any atom is 0.204 e. The monoisotopic (exact) mass is 368 g/mol. The Morgan fingerprint density at radius 1 is 0.800 bits per heavy atom. The molecule has 3 nitrogen and oxygen atoms in total. The minimum absolute atomic E-state index is 0.216. The number of aliphatic hydroxyl groups excluding tert-OH is 1. The van der Waals surface area contributed by atoms with Gasteiger partial charge in [0.15, 0.2) is 5.44 Å². The third-order valence-corrected chi connectivity index (χ3v) is 6.64. The predicted molar refractivity (Wildman–Crippen MR) is 105 cm³/mol. The van der Waals surface area contributed by atoms with Crippen LogP contribution >= 0.6 is 0 Å². The molecule has 0 amide bonds. The van der Waals surface area contributed by atoms with E-state index in [1.807, 2.05) is 6.92 Å². The molecule has 1 aromatic carbocycles. The summed E-state index contributed by atoms with van der Waals surface area (Å²) in [5, 5.41) is 10.1. The highest BCUT2D eigenvalue weighted by Gasteiger charge is 2.24. The fraction of sp³-hybridized carbons (Fsp3) is 0.714. The first kappa shape index (κ1) is 22.2. The molecule has 0 spiro atoms. The second kappa shape index (κ2) is 12.5. The SMILES string of the molecule is CCCCCCCCCCCCCC(O)S(=O)(=O)c1ccc(C)cc1. The van der Waals surface area contributed by atoms with Crippen molar-refractivity contribution in [1.82, 2.24) is 0 Å². The van der Waals surface area contributed by atoms with E-state index >= 15 is 0 Å².